The van der Waals surface area contributed by atoms with Gasteiger partial charge in [-0.15, -0.1) is 0 Å². The van der Waals surface area contributed by atoms with E-state index in [-0.39, 0.29) is 29.9 Å². The van der Waals surface area contributed by atoms with Gasteiger partial charge in [-0.2, -0.15) is 0 Å². The van der Waals surface area contributed by atoms with Gasteiger partial charge in [0, 0.05) is 18.8 Å². The molecule has 0 radical (unpaired) electrons. The van der Waals surface area contributed by atoms with Gasteiger partial charge in [0.05, 0.1) is 25.7 Å². The summed E-state index contributed by atoms with van der Waals surface area (Å²) in [5, 5.41) is 12.2. The smallest absolute Gasteiger partial charge is 0.123 e. The van der Waals surface area contributed by atoms with E-state index in [4.69, 9.17) is 0 Å². The standard InChI is InChI=1S/C23H30NO.HI/c1-18(2)24-15-13-19(14-16-24)22(17-24)23(25,20-9-5-3-6-10-20)21-11-7-4-8-12-21;/h3-12,18-19,22,25H,13-17H2,1-2H3;1H/q+1;/p-1. The second-order valence-electron chi connectivity index (χ2n) is 8.38. The average molecular weight is 463 g/mol. The largest absolute Gasteiger partial charge is 1.00 e. The van der Waals surface area contributed by atoms with Crippen molar-refractivity contribution < 1.29 is 33.6 Å². The van der Waals surface area contributed by atoms with Gasteiger partial charge >= 0.3 is 0 Å². The molecule has 2 aromatic carbocycles. The Bertz CT molecular complexity index is 668. The molecule has 3 aliphatic rings. The van der Waals surface area contributed by atoms with E-state index in [0.29, 0.717) is 12.0 Å². The van der Waals surface area contributed by atoms with Crippen molar-refractivity contribution in [3.05, 3.63) is 71.8 Å². The van der Waals surface area contributed by atoms with Crippen LogP contribution in [0.3, 0.4) is 0 Å². The Labute approximate surface area is 174 Å². The zero-order valence-electron chi connectivity index (χ0n) is 15.8. The topological polar surface area (TPSA) is 20.2 Å². The minimum Gasteiger partial charge on any atom is -1.00 e. The Hall–Kier alpha value is -0.910. The molecule has 1 N–H and O–H groups in total. The van der Waals surface area contributed by atoms with E-state index < -0.39 is 5.60 Å². The van der Waals surface area contributed by atoms with Gasteiger partial charge in [-0.1, -0.05) is 60.7 Å². The third-order valence-corrected chi connectivity index (χ3v) is 7.08. The Morgan fingerprint density at radius 1 is 0.885 bits per heavy atom. The summed E-state index contributed by atoms with van der Waals surface area (Å²) in [7, 11) is 0. The molecule has 3 aliphatic heterocycles. The number of nitrogens with zero attached hydrogens (tertiary/aromatic N) is 1. The SMILES string of the molecule is CC(C)[N+]12CCC(CC1)C(C(O)(c1ccccc1)c1ccccc1)C2.[I-]. The molecule has 0 aromatic heterocycles. The number of quaternary nitrogens is 1. The molecule has 0 saturated carbocycles. The lowest BCUT2D eigenvalue weighted by Crippen LogP contribution is -3.00. The van der Waals surface area contributed by atoms with Crippen LogP contribution in [-0.4, -0.2) is 35.3 Å². The molecule has 2 nitrogen and oxygen atoms in total. The highest BCUT2D eigenvalue weighted by molar-refractivity contribution is 5.37. The Morgan fingerprint density at radius 3 is 1.77 bits per heavy atom. The number of hydrogen-bond acceptors (Lipinski definition) is 1. The lowest BCUT2D eigenvalue weighted by Gasteiger charge is -2.58. The number of piperidine rings is 3. The van der Waals surface area contributed by atoms with Gasteiger partial charge in [0.1, 0.15) is 5.60 Å². The molecule has 140 valence electrons. The minimum absolute atomic E-state index is 0. The Kier molecular flexibility index (Phi) is 5.80. The summed E-state index contributed by atoms with van der Waals surface area (Å²) in [6.45, 7) is 8.35. The van der Waals surface area contributed by atoms with Crippen LogP contribution in [0.25, 0.3) is 0 Å². The van der Waals surface area contributed by atoms with E-state index >= 15 is 0 Å². The molecule has 0 amide bonds. The minimum atomic E-state index is -0.896. The van der Waals surface area contributed by atoms with E-state index in [1.165, 1.54) is 30.4 Å². The summed E-state index contributed by atoms with van der Waals surface area (Å²) < 4.78 is 1.17. The molecule has 1 unspecified atom stereocenters. The van der Waals surface area contributed by atoms with E-state index in [2.05, 4.69) is 62.4 Å². The number of fused-ring (bicyclic) bond motifs is 3. The summed E-state index contributed by atoms with van der Waals surface area (Å²) in [6.07, 6.45) is 2.48. The third kappa shape index (κ3) is 3.12. The molecule has 2 bridgehead atoms. The molecule has 3 saturated heterocycles. The van der Waals surface area contributed by atoms with Crippen molar-refractivity contribution >= 4 is 0 Å². The van der Waals surface area contributed by atoms with E-state index in [1.807, 2.05) is 12.1 Å². The summed E-state index contributed by atoms with van der Waals surface area (Å²) in [5.41, 5.74) is 1.19. The lowest BCUT2D eigenvalue weighted by molar-refractivity contribution is -0.966. The molecule has 3 heterocycles. The van der Waals surface area contributed by atoms with E-state index in [0.717, 1.165) is 17.7 Å². The van der Waals surface area contributed by atoms with Crippen molar-refractivity contribution in [2.45, 2.75) is 38.3 Å². The highest BCUT2D eigenvalue weighted by atomic mass is 127. The molecular formula is C23H30INO. The zero-order chi connectivity index (χ0) is 17.5. The molecule has 3 heteroatoms. The van der Waals surface area contributed by atoms with Crippen molar-refractivity contribution in [1.82, 2.24) is 0 Å². The molecule has 26 heavy (non-hydrogen) atoms. The van der Waals surface area contributed by atoms with Crippen molar-refractivity contribution in [2.24, 2.45) is 11.8 Å². The molecular weight excluding hydrogens is 433 g/mol. The first-order chi connectivity index (χ1) is 12.1. The normalized spacial score (nSPS) is 28.0. The third-order valence-electron chi connectivity index (χ3n) is 7.08. The van der Waals surface area contributed by atoms with Crippen LogP contribution in [-0.2, 0) is 5.60 Å². The Balaban J connectivity index is 0.00000196. The number of benzene rings is 2. The van der Waals surface area contributed by atoms with E-state index in [9.17, 15) is 5.11 Å². The van der Waals surface area contributed by atoms with Gasteiger partial charge in [0.15, 0.2) is 0 Å². The lowest BCUT2D eigenvalue weighted by atomic mass is 9.64. The quantitative estimate of drug-likeness (QED) is 0.534. The van der Waals surface area contributed by atoms with E-state index in [1.54, 1.807) is 0 Å². The summed E-state index contributed by atoms with van der Waals surface area (Å²) in [4.78, 5) is 0. The fraction of sp³-hybridized carbons (Fsp3) is 0.478. The molecule has 0 spiro atoms. The second kappa shape index (κ2) is 7.61. The van der Waals surface area contributed by atoms with Crippen molar-refractivity contribution in [2.75, 3.05) is 19.6 Å². The fourth-order valence-electron chi connectivity index (χ4n) is 5.41. The predicted octanol–water partition coefficient (Wildman–Crippen LogP) is 1.19. The highest BCUT2D eigenvalue weighted by Crippen LogP contribution is 2.49. The van der Waals surface area contributed by atoms with Crippen LogP contribution in [0.15, 0.2) is 60.7 Å². The number of rotatable bonds is 4. The van der Waals surface area contributed by atoms with Crippen molar-refractivity contribution in [3.8, 4) is 0 Å². The summed E-state index contributed by atoms with van der Waals surface area (Å²) in [6, 6.07) is 21.3. The maximum atomic E-state index is 12.2. The van der Waals surface area contributed by atoms with Crippen LogP contribution in [0.2, 0.25) is 0 Å². The first kappa shape index (κ1) is 19.8. The first-order valence-corrected chi connectivity index (χ1v) is 9.75. The summed E-state index contributed by atoms with van der Waals surface area (Å²) >= 11 is 0. The molecule has 2 aromatic rings. The molecule has 3 fully saturated rings. The van der Waals surface area contributed by atoms with Crippen molar-refractivity contribution in [3.63, 3.8) is 0 Å². The first-order valence-electron chi connectivity index (χ1n) is 9.75. The van der Waals surface area contributed by atoms with Gasteiger partial charge in [0.2, 0.25) is 0 Å². The van der Waals surface area contributed by atoms with Gasteiger partial charge in [-0.05, 0) is 30.9 Å². The zero-order valence-corrected chi connectivity index (χ0v) is 18.0. The average Bonchev–Trinajstić information content (AvgIpc) is 2.69. The summed E-state index contributed by atoms with van der Waals surface area (Å²) in [5.74, 6) is 0.895. The van der Waals surface area contributed by atoms with Crippen molar-refractivity contribution in [1.29, 1.82) is 0 Å². The van der Waals surface area contributed by atoms with Gasteiger partial charge in [0.25, 0.3) is 0 Å². The van der Waals surface area contributed by atoms with Gasteiger partial charge < -0.3 is 33.6 Å². The molecule has 5 rings (SSSR count). The van der Waals surface area contributed by atoms with Crippen LogP contribution in [0, 0.1) is 11.8 Å². The van der Waals surface area contributed by atoms with Gasteiger partial charge in [-0.3, -0.25) is 0 Å². The van der Waals surface area contributed by atoms with Crippen LogP contribution < -0.4 is 24.0 Å². The maximum Gasteiger partial charge on any atom is 0.123 e. The van der Waals surface area contributed by atoms with Crippen LogP contribution in [0.5, 0.6) is 0 Å². The maximum absolute atomic E-state index is 12.2. The highest BCUT2D eigenvalue weighted by Gasteiger charge is 2.55. The number of hydrogen-bond donors (Lipinski definition) is 1. The molecule has 0 aliphatic carbocycles. The van der Waals surface area contributed by atoms with Crippen LogP contribution >= 0.6 is 0 Å². The van der Waals surface area contributed by atoms with Crippen LogP contribution in [0.4, 0.5) is 0 Å². The van der Waals surface area contributed by atoms with Crippen LogP contribution in [0.1, 0.15) is 37.8 Å². The fourth-order valence-corrected chi connectivity index (χ4v) is 5.41. The monoisotopic (exact) mass is 463 g/mol. The van der Waals surface area contributed by atoms with Gasteiger partial charge in [-0.25, -0.2) is 0 Å². The number of halogens is 1. The molecule has 1 atom stereocenters. The second-order valence-corrected chi connectivity index (χ2v) is 8.38. The predicted molar refractivity (Wildman–Crippen MR) is 102 cm³/mol. The number of aliphatic hydroxyl groups is 1. The Morgan fingerprint density at radius 2 is 1.35 bits per heavy atom.